The Morgan fingerprint density at radius 3 is 2.44 bits per heavy atom. The van der Waals surface area contributed by atoms with Gasteiger partial charge in [-0.3, -0.25) is 14.4 Å². The lowest BCUT2D eigenvalue weighted by Crippen LogP contribution is -2.47. The smallest absolute Gasteiger partial charge is 0.346 e. The molecule has 1 aliphatic heterocycles. The first-order chi connectivity index (χ1) is 16.2. The molecular formula is C26H24O8. The first kappa shape index (κ1) is 23.2. The molecule has 0 aromatic heterocycles. The van der Waals surface area contributed by atoms with Gasteiger partial charge in [-0.1, -0.05) is 30.3 Å². The van der Waals surface area contributed by atoms with Crippen molar-refractivity contribution < 1.29 is 38.1 Å². The van der Waals surface area contributed by atoms with Crippen molar-refractivity contribution in [3.63, 3.8) is 0 Å². The lowest BCUT2D eigenvalue weighted by atomic mass is 9.67. The van der Waals surface area contributed by atoms with Crippen LogP contribution in [0, 0.1) is 5.92 Å². The Balaban J connectivity index is 1.87. The Hall–Kier alpha value is -3.94. The largest absolute Gasteiger partial charge is 0.496 e. The summed E-state index contributed by atoms with van der Waals surface area (Å²) in [5, 5.41) is 0. The highest BCUT2D eigenvalue weighted by Crippen LogP contribution is 2.56. The lowest BCUT2D eigenvalue weighted by Gasteiger charge is -2.30. The number of fused-ring (bicyclic) bond motifs is 3. The van der Waals surface area contributed by atoms with Gasteiger partial charge in [0.2, 0.25) is 0 Å². The second kappa shape index (κ2) is 8.78. The number of Topliss-reactive ketones (excluding diaryl/α,β-unsaturated/α-hetero) is 2. The monoisotopic (exact) mass is 464 g/mol. The first-order valence-electron chi connectivity index (χ1n) is 10.8. The van der Waals surface area contributed by atoms with Crippen molar-refractivity contribution in [1.82, 2.24) is 0 Å². The van der Waals surface area contributed by atoms with E-state index in [1.807, 2.05) is 30.3 Å². The highest BCUT2D eigenvalue weighted by molar-refractivity contribution is 6.27. The van der Waals surface area contributed by atoms with E-state index < -0.39 is 34.7 Å². The van der Waals surface area contributed by atoms with Gasteiger partial charge in [-0.15, -0.1) is 0 Å². The Morgan fingerprint density at radius 1 is 1.12 bits per heavy atom. The van der Waals surface area contributed by atoms with Crippen molar-refractivity contribution in [2.75, 3.05) is 13.7 Å². The standard InChI is InChI=1S/C26H24O8/c1-5-32-18-12-17(31-4)21(25(30)33-13-15-9-7-6-8-10-15)23-22(18)26(3)19(34-23)11-16(28)20(14(2)27)24(26)29/h6-12,20H,5,13H2,1-4H3/t20?,26-/m1/s1. The summed E-state index contributed by atoms with van der Waals surface area (Å²) in [7, 11) is 1.38. The van der Waals surface area contributed by atoms with E-state index in [-0.39, 0.29) is 47.3 Å². The number of esters is 1. The van der Waals surface area contributed by atoms with E-state index in [1.165, 1.54) is 20.1 Å². The average molecular weight is 464 g/mol. The fourth-order valence-electron chi connectivity index (χ4n) is 4.38. The van der Waals surface area contributed by atoms with Crippen LogP contribution in [0.4, 0.5) is 0 Å². The van der Waals surface area contributed by atoms with Crippen molar-refractivity contribution in [2.45, 2.75) is 32.8 Å². The predicted molar refractivity (Wildman–Crippen MR) is 120 cm³/mol. The van der Waals surface area contributed by atoms with Gasteiger partial charge in [0.05, 0.1) is 19.3 Å². The maximum atomic E-state index is 13.5. The van der Waals surface area contributed by atoms with Crippen molar-refractivity contribution in [1.29, 1.82) is 0 Å². The normalized spacial score (nSPS) is 20.6. The van der Waals surface area contributed by atoms with Gasteiger partial charge in [-0.05, 0) is 26.3 Å². The molecule has 0 saturated heterocycles. The topological polar surface area (TPSA) is 105 Å². The Morgan fingerprint density at radius 2 is 1.82 bits per heavy atom. The van der Waals surface area contributed by atoms with Crippen LogP contribution in [-0.2, 0) is 31.1 Å². The molecule has 0 amide bonds. The summed E-state index contributed by atoms with van der Waals surface area (Å²) in [5.74, 6) is -3.60. The summed E-state index contributed by atoms with van der Waals surface area (Å²) in [4.78, 5) is 51.4. The molecule has 8 heteroatoms. The maximum Gasteiger partial charge on any atom is 0.346 e. The van der Waals surface area contributed by atoms with Crippen LogP contribution < -0.4 is 14.2 Å². The zero-order valence-corrected chi connectivity index (χ0v) is 19.3. The second-order valence-electron chi connectivity index (χ2n) is 8.20. The van der Waals surface area contributed by atoms with Crippen LogP contribution in [0.15, 0.2) is 48.2 Å². The van der Waals surface area contributed by atoms with E-state index in [0.29, 0.717) is 0 Å². The third-order valence-electron chi connectivity index (χ3n) is 6.07. The zero-order valence-electron chi connectivity index (χ0n) is 19.3. The number of carbonyl (C=O) groups excluding carboxylic acids is 4. The molecule has 0 spiro atoms. The molecule has 0 fully saturated rings. The fraction of sp³-hybridized carbons (Fsp3) is 0.308. The van der Waals surface area contributed by atoms with Gasteiger partial charge in [0.15, 0.2) is 17.3 Å². The lowest BCUT2D eigenvalue weighted by molar-refractivity contribution is -0.140. The third kappa shape index (κ3) is 3.55. The van der Waals surface area contributed by atoms with E-state index in [4.69, 9.17) is 18.9 Å². The van der Waals surface area contributed by atoms with Gasteiger partial charge in [0.25, 0.3) is 0 Å². The van der Waals surface area contributed by atoms with Crippen molar-refractivity contribution in [3.05, 3.63) is 64.9 Å². The van der Waals surface area contributed by atoms with Crippen LogP contribution >= 0.6 is 0 Å². The third-order valence-corrected chi connectivity index (χ3v) is 6.07. The number of benzene rings is 2. The number of hydrogen-bond acceptors (Lipinski definition) is 8. The number of carbonyl (C=O) groups is 4. The molecule has 176 valence electrons. The van der Waals surface area contributed by atoms with Gasteiger partial charge in [0.1, 0.15) is 46.5 Å². The van der Waals surface area contributed by atoms with Crippen LogP contribution in [0.25, 0.3) is 0 Å². The maximum absolute atomic E-state index is 13.5. The molecule has 0 N–H and O–H groups in total. The molecule has 2 aliphatic rings. The second-order valence-corrected chi connectivity index (χ2v) is 8.20. The molecule has 4 rings (SSSR count). The zero-order chi connectivity index (χ0) is 24.6. The SMILES string of the molecule is CCOc1cc(OC)c(C(=O)OCc2ccccc2)c2c1[C@]1(C)C(=O)C(C(C)=O)C(=O)C=C1O2. The Labute approximate surface area is 196 Å². The Kier molecular flexibility index (Phi) is 6.00. The summed E-state index contributed by atoms with van der Waals surface area (Å²) < 4.78 is 22.7. The number of ether oxygens (including phenoxy) is 4. The predicted octanol–water partition coefficient (Wildman–Crippen LogP) is 3.34. The number of ketones is 3. The Bertz CT molecular complexity index is 1230. The minimum atomic E-state index is -1.50. The van der Waals surface area contributed by atoms with Crippen LogP contribution in [0.2, 0.25) is 0 Å². The van der Waals surface area contributed by atoms with E-state index in [9.17, 15) is 19.2 Å². The number of hydrogen-bond donors (Lipinski definition) is 0. The van der Waals surface area contributed by atoms with E-state index in [0.717, 1.165) is 11.6 Å². The molecule has 0 saturated carbocycles. The summed E-state index contributed by atoms with van der Waals surface area (Å²) in [6.45, 7) is 4.79. The van der Waals surface area contributed by atoms with Gasteiger partial charge < -0.3 is 18.9 Å². The molecular weight excluding hydrogens is 440 g/mol. The van der Waals surface area contributed by atoms with Crippen LogP contribution in [-0.4, -0.2) is 37.0 Å². The molecule has 0 bridgehead atoms. The molecule has 8 nitrogen and oxygen atoms in total. The molecule has 0 radical (unpaired) electrons. The van der Waals surface area contributed by atoms with Crippen LogP contribution in [0.5, 0.6) is 17.2 Å². The molecule has 34 heavy (non-hydrogen) atoms. The van der Waals surface area contributed by atoms with Crippen LogP contribution in [0.3, 0.4) is 0 Å². The molecule has 2 aromatic rings. The highest BCUT2D eigenvalue weighted by Gasteiger charge is 2.58. The van der Waals surface area contributed by atoms with Crippen molar-refractivity contribution >= 4 is 23.3 Å². The van der Waals surface area contributed by atoms with E-state index >= 15 is 0 Å². The minimum Gasteiger partial charge on any atom is -0.496 e. The summed E-state index contributed by atoms with van der Waals surface area (Å²) in [6, 6.07) is 10.6. The highest BCUT2D eigenvalue weighted by atomic mass is 16.5. The minimum absolute atomic E-state index is 0.00854. The summed E-state index contributed by atoms with van der Waals surface area (Å²) in [6.07, 6.45) is 1.15. The molecule has 1 heterocycles. The molecule has 1 aliphatic carbocycles. The van der Waals surface area contributed by atoms with Crippen LogP contribution in [0.1, 0.15) is 42.3 Å². The van der Waals surface area contributed by atoms with Gasteiger partial charge in [-0.2, -0.15) is 0 Å². The number of allylic oxidation sites excluding steroid dienone is 2. The van der Waals surface area contributed by atoms with Gasteiger partial charge in [0, 0.05) is 12.1 Å². The molecule has 2 atom stereocenters. The molecule has 1 unspecified atom stereocenters. The van der Waals surface area contributed by atoms with Gasteiger partial charge >= 0.3 is 5.97 Å². The number of methoxy groups -OCH3 is 1. The fourth-order valence-corrected chi connectivity index (χ4v) is 4.38. The van der Waals surface area contributed by atoms with Crippen molar-refractivity contribution in [2.24, 2.45) is 5.92 Å². The number of rotatable bonds is 7. The van der Waals surface area contributed by atoms with Gasteiger partial charge in [-0.25, -0.2) is 4.79 Å². The first-order valence-corrected chi connectivity index (χ1v) is 10.8. The van der Waals surface area contributed by atoms with E-state index in [2.05, 4.69) is 0 Å². The summed E-state index contributed by atoms with van der Waals surface area (Å²) in [5.41, 5.74) is -0.485. The van der Waals surface area contributed by atoms with Crippen molar-refractivity contribution in [3.8, 4) is 17.2 Å². The molecule has 2 aromatic carbocycles. The summed E-state index contributed by atoms with van der Waals surface area (Å²) >= 11 is 0. The quantitative estimate of drug-likeness (QED) is 0.454. The average Bonchev–Trinajstić information content (AvgIpc) is 3.11. The van der Waals surface area contributed by atoms with E-state index in [1.54, 1.807) is 13.8 Å².